The number of nitrogens with zero attached hydrogens (tertiary/aromatic N) is 4. The Morgan fingerprint density at radius 3 is 2.54 bits per heavy atom. The standard InChI is InChI=1S/C39H35F2N5O5S/c1-2-3-18-50-33-13-15-46(28-8-5-26(40)6-9-28)39(48)36(33)38(47)44-27-7-11-32(29(41)21-27)51-34-12-14-42-31-22-35(52-37(31)34)30-10-4-25(23-43-30)24-45-16-19-49-20-17-45/h4-15,21-23H,2-3,16-20,24H2,1H3,(H,44,47). The molecule has 7 rings (SSSR count). The van der Waals surface area contributed by atoms with Gasteiger partial charge >= 0.3 is 0 Å². The molecule has 13 heteroatoms. The summed E-state index contributed by atoms with van der Waals surface area (Å²) in [5.74, 6) is -1.53. The highest BCUT2D eigenvalue weighted by Gasteiger charge is 2.22. The largest absolute Gasteiger partial charge is 0.492 e. The summed E-state index contributed by atoms with van der Waals surface area (Å²) in [6, 6.07) is 18.5. The van der Waals surface area contributed by atoms with Gasteiger partial charge in [0.05, 0.1) is 40.6 Å². The van der Waals surface area contributed by atoms with Gasteiger partial charge in [0.1, 0.15) is 22.9 Å². The van der Waals surface area contributed by atoms with Crippen LogP contribution in [0.4, 0.5) is 14.5 Å². The third-order valence-corrected chi connectivity index (χ3v) is 9.68. The maximum absolute atomic E-state index is 15.5. The van der Waals surface area contributed by atoms with E-state index in [1.54, 1.807) is 12.3 Å². The molecule has 10 nitrogen and oxygen atoms in total. The number of aromatic nitrogens is 3. The molecule has 0 atom stereocenters. The number of carbonyl (C=O) groups excluding carboxylic acids is 1. The number of anilines is 1. The molecule has 0 saturated carbocycles. The second-order valence-electron chi connectivity index (χ2n) is 12.2. The highest BCUT2D eigenvalue weighted by atomic mass is 32.1. The molecule has 52 heavy (non-hydrogen) atoms. The summed E-state index contributed by atoms with van der Waals surface area (Å²) in [5.41, 5.74) is 2.14. The number of nitrogens with one attached hydrogen (secondary N) is 1. The smallest absolute Gasteiger partial charge is 0.271 e. The number of amides is 1. The van der Waals surface area contributed by atoms with Crippen LogP contribution in [0.15, 0.2) is 96.2 Å². The number of benzene rings is 2. The van der Waals surface area contributed by atoms with E-state index in [2.05, 4.69) is 21.3 Å². The van der Waals surface area contributed by atoms with Gasteiger partial charge < -0.3 is 19.5 Å². The van der Waals surface area contributed by atoms with Crippen LogP contribution in [0, 0.1) is 11.6 Å². The van der Waals surface area contributed by atoms with Crippen LogP contribution < -0.4 is 20.3 Å². The zero-order valence-electron chi connectivity index (χ0n) is 28.3. The van der Waals surface area contributed by atoms with Gasteiger partial charge in [-0.1, -0.05) is 19.4 Å². The zero-order chi connectivity index (χ0) is 36.0. The number of thiophene rings is 1. The fraction of sp³-hybridized carbons (Fsp3) is 0.231. The minimum Gasteiger partial charge on any atom is -0.492 e. The van der Waals surface area contributed by atoms with Crippen LogP contribution in [0.2, 0.25) is 0 Å². The van der Waals surface area contributed by atoms with Crippen molar-refractivity contribution >= 4 is 33.1 Å². The van der Waals surface area contributed by atoms with Crippen molar-refractivity contribution in [3.63, 3.8) is 0 Å². The Hall–Kier alpha value is -5.50. The molecule has 0 bridgehead atoms. The van der Waals surface area contributed by atoms with E-state index in [1.807, 2.05) is 25.3 Å². The fourth-order valence-electron chi connectivity index (χ4n) is 5.76. The zero-order valence-corrected chi connectivity index (χ0v) is 29.1. The van der Waals surface area contributed by atoms with E-state index in [0.29, 0.717) is 30.0 Å². The molecule has 6 aromatic rings. The summed E-state index contributed by atoms with van der Waals surface area (Å²) in [6.07, 6.45) is 6.51. The summed E-state index contributed by atoms with van der Waals surface area (Å²) >= 11 is 1.44. The fourth-order valence-corrected chi connectivity index (χ4v) is 6.80. The number of hydrogen-bond donors (Lipinski definition) is 1. The molecule has 0 unspecified atom stereocenters. The van der Waals surface area contributed by atoms with Gasteiger partial charge in [-0.15, -0.1) is 11.3 Å². The monoisotopic (exact) mass is 723 g/mol. The van der Waals surface area contributed by atoms with Crippen molar-refractivity contribution in [1.82, 2.24) is 19.4 Å². The molecule has 266 valence electrons. The average molecular weight is 724 g/mol. The number of fused-ring (bicyclic) bond motifs is 1. The number of hydrogen-bond acceptors (Lipinski definition) is 9. The van der Waals surface area contributed by atoms with E-state index in [1.165, 1.54) is 64.6 Å². The van der Waals surface area contributed by atoms with Gasteiger partial charge in [-0.2, -0.15) is 0 Å². The first-order chi connectivity index (χ1) is 25.4. The first kappa shape index (κ1) is 34.9. The minimum atomic E-state index is -0.786. The van der Waals surface area contributed by atoms with E-state index in [9.17, 15) is 14.0 Å². The summed E-state index contributed by atoms with van der Waals surface area (Å²) in [5, 5.41) is 2.62. The van der Waals surface area contributed by atoms with Crippen molar-refractivity contribution in [2.24, 2.45) is 0 Å². The highest BCUT2D eigenvalue weighted by molar-refractivity contribution is 7.22. The number of rotatable bonds is 12. The molecule has 4 aromatic heterocycles. The van der Waals surface area contributed by atoms with Crippen molar-refractivity contribution in [3.05, 3.63) is 125 Å². The lowest BCUT2D eigenvalue weighted by molar-refractivity contribution is 0.0341. The van der Waals surface area contributed by atoms with E-state index in [0.717, 1.165) is 66.2 Å². The number of carbonyl (C=O) groups is 1. The second kappa shape index (κ2) is 15.8. The van der Waals surface area contributed by atoms with Gasteiger partial charge in [-0.25, -0.2) is 8.78 Å². The van der Waals surface area contributed by atoms with Crippen molar-refractivity contribution in [1.29, 1.82) is 0 Å². The first-order valence-electron chi connectivity index (χ1n) is 16.9. The summed E-state index contributed by atoms with van der Waals surface area (Å²) < 4.78 is 48.3. The SMILES string of the molecule is CCCCOc1ccn(-c2ccc(F)cc2)c(=O)c1C(=O)Nc1ccc(Oc2ccnc3cc(-c4ccc(CN5CCOCC5)cn4)sc23)c(F)c1. The number of ether oxygens (including phenoxy) is 3. The molecule has 0 spiro atoms. The number of unbranched alkanes of at least 4 members (excludes halogenated alkanes) is 1. The van der Waals surface area contributed by atoms with Gasteiger partial charge in [0, 0.05) is 61.7 Å². The Morgan fingerprint density at radius 1 is 0.962 bits per heavy atom. The number of halogens is 2. The molecule has 1 saturated heterocycles. The first-order valence-corrected chi connectivity index (χ1v) is 17.7. The maximum Gasteiger partial charge on any atom is 0.271 e. The highest BCUT2D eigenvalue weighted by Crippen LogP contribution is 2.39. The molecule has 5 heterocycles. The van der Waals surface area contributed by atoms with Crippen LogP contribution in [0.25, 0.3) is 26.5 Å². The molecule has 0 radical (unpaired) electrons. The summed E-state index contributed by atoms with van der Waals surface area (Å²) in [7, 11) is 0. The summed E-state index contributed by atoms with van der Waals surface area (Å²) in [6.45, 7) is 6.38. The predicted octanol–water partition coefficient (Wildman–Crippen LogP) is 7.84. The predicted molar refractivity (Wildman–Crippen MR) is 196 cm³/mol. The maximum atomic E-state index is 15.5. The van der Waals surface area contributed by atoms with E-state index in [4.69, 9.17) is 19.2 Å². The molecular formula is C39H35F2N5O5S. The molecule has 1 fully saturated rings. The lowest BCUT2D eigenvalue weighted by atomic mass is 10.2. The normalized spacial score (nSPS) is 13.3. The Balaban J connectivity index is 1.09. The number of morpholine rings is 1. The summed E-state index contributed by atoms with van der Waals surface area (Å²) in [4.78, 5) is 39.5. The average Bonchev–Trinajstić information content (AvgIpc) is 3.60. The molecule has 1 N–H and O–H groups in total. The second-order valence-corrected chi connectivity index (χ2v) is 13.2. The van der Waals surface area contributed by atoms with Gasteiger partial charge in [0.25, 0.3) is 11.5 Å². The topological polar surface area (TPSA) is 108 Å². The molecule has 1 amide bonds. The van der Waals surface area contributed by atoms with Gasteiger partial charge in [-0.3, -0.25) is 29.0 Å². The van der Waals surface area contributed by atoms with Gasteiger partial charge in [0.15, 0.2) is 11.6 Å². The van der Waals surface area contributed by atoms with Crippen LogP contribution in [0.5, 0.6) is 17.2 Å². The lowest BCUT2D eigenvalue weighted by Gasteiger charge is -2.26. The van der Waals surface area contributed by atoms with Crippen LogP contribution in [0.1, 0.15) is 35.7 Å². The van der Waals surface area contributed by atoms with Crippen molar-refractivity contribution in [2.75, 3.05) is 38.2 Å². The Labute approximate surface area is 302 Å². The molecule has 0 aliphatic carbocycles. The third-order valence-electron chi connectivity index (χ3n) is 8.51. The molecule has 1 aliphatic heterocycles. The minimum absolute atomic E-state index is 0.0620. The van der Waals surface area contributed by atoms with E-state index in [-0.39, 0.29) is 22.7 Å². The Morgan fingerprint density at radius 2 is 1.79 bits per heavy atom. The van der Waals surface area contributed by atoms with Crippen LogP contribution in [-0.2, 0) is 11.3 Å². The van der Waals surface area contributed by atoms with E-state index >= 15 is 4.39 Å². The molecule has 2 aromatic carbocycles. The van der Waals surface area contributed by atoms with Crippen molar-refractivity contribution < 1.29 is 27.8 Å². The number of pyridine rings is 3. The van der Waals surface area contributed by atoms with E-state index < -0.39 is 23.1 Å². The molecular weight excluding hydrogens is 689 g/mol. The molecule has 1 aliphatic rings. The van der Waals surface area contributed by atoms with Crippen molar-refractivity contribution in [3.8, 4) is 33.5 Å². The van der Waals surface area contributed by atoms with Gasteiger partial charge in [-0.05, 0) is 66.6 Å². The lowest BCUT2D eigenvalue weighted by Crippen LogP contribution is -2.35. The Kier molecular flexibility index (Phi) is 10.6. The van der Waals surface area contributed by atoms with Crippen LogP contribution in [-0.4, -0.2) is 58.3 Å². The third kappa shape index (κ3) is 7.86. The van der Waals surface area contributed by atoms with Gasteiger partial charge in [0.2, 0.25) is 0 Å². The van der Waals surface area contributed by atoms with Crippen LogP contribution in [0.3, 0.4) is 0 Å². The quantitative estimate of drug-likeness (QED) is 0.127. The Bertz CT molecular complexity index is 2250. The van der Waals surface area contributed by atoms with Crippen molar-refractivity contribution in [2.45, 2.75) is 26.3 Å². The van der Waals surface area contributed by atoms with Crippen LogP contribution >= 0.6 is 11.3 Å².